The number of nitrogens with zero attached hydrogens (tertiary/aromatic N) is 2. The first-order valence-electron chi connectivity index (χ1n) is 10.4. The molecule has 30 heavy (non-hydrogen) atoms. The standard InChI is InChI=1S/C23H28N4O3/c1-14-19(5-4-6-20(14)30-3)23(29)26-16-11-17-8-9-18(12-16)27(17)21-10-7-15(13-25-21)22(28)24-2/h4-7,10,13,16-18H,8-9,11-12H2,1-3H3,(H,24,28)(H,26,29)/t16?,17-,18+. The van der Waals surface area contributed by atoms with E-state index in [0.29, 0.717) is 23.2 Å². The van der Waals surface area contributed by atoms with Crippen LogP contribution in [0.2, 0.25) is 0 Å². The van der Waals surface area contributed by atoms with E-state index in [0.717, 1.165) is 42.8 Å². The maximum absolute atomic E-state index is 12.9. The molecule has 2 aliphatic heterocycles. The van der Waals surface area contributed by atoms with Gasteiger partial charge in [-0.2, -0.15) is 0 Å². The average molecular weight is 409 g/mol. The van der Waals surface area contributed by atoms with Crippen molar-refractivity contribution in [2.24, 2.45) is 0 Å². The van der Waals surface area contributed by atoms with Crippen molar-refractivity contribution in [3.63, 3.8) is 0 Å². The highest BCUT2D eigenvalue weighted by atomic mass is 16.5. The van der Waals surface area contributed by atoms with Crippen LogP contribution in [0.3, 0.4) is 0 Å². The van der Waals surface area contributed by atoms with E-state index in [1.807, 2.05) is 37.3 Å². The zero-order valence-electron chi connectivity index (χ0n) is 17.6. The fourth-order valence-corrected chi connectivity index (χ4v) is 4.83. The monoisotopic (exact) mass is 408 g/mol. The smallest absolute Gasteiger partial charge is 0.252 e. The zero-order chi connectivity index (χ0) is 21.3. The number of nitrogens with one attached hydrogen (secondary N) is 2. The first-order valence-corrected chi connectivity index (χ1v) is 10.4. The predicted molar refractivity (Wildman–Crippen MR) is 115 cm³/mol. The normalized spacial score (nSPS) is 22.5. The minimum Gasteiger partial charge on any atom is -0.496 e. The highest BCUT2D eigenvalue weighted by molar-refractivity contribution is 5.96. The van der Waals surface area contributed by atoms with Gasteiger partial charge in [-0.05, 0) is 56.9 Å². The van der Waals surface area contributed by atoms with Crippen LogP contribution in [-0.2, 0) is 0 Å². The number of ether oxygens (including phenoxy) is 1. The number of amides is 2. The van der Waals surface area contributed by atoms with Crippen LogP contribution in [0.15, 0.2) is 36.5 Å². The van der Waals surface area contributed by atoms with Crippen molar-refractivity contribution in [3.8, 4) is 5.75 Å². The molecule has 2 aromatic rings. The average Bonchev–Trinajstić information content (AvgIpc) is 3.03. The Bertz CT molecular complexity index is 930. The summed E-state index contributed by atoms with van der Waals surface area (Å²) in [6, 6.07) is 10.1. The van der Waals surface area contributed by atoms with Gasteiger partial charge in [0.05, 0.1) is 12.7 Å². The van der Waals surface area contributed by atoms with Crippen LogP contribution in [0.1, 0.15) is 52.0 Å². The molecule has 1 aromatic heterocycles. The fourth-order valence-electron chi connectivity index (χ4n) is 4.83. The van der Waals surface area contributed by atoms with Gasteiger partial charge in [0.25, 0.3) is 11.8 Å². The van der Waals surface area contributed by atoms with Crippen LogP contribution >= 0.6 is 0 Å². The number of carbonyl (C=O) groups excluding carboxylic acids is 2. The van der Waals surface area contributed by atoms with Gasteiger partial charge in [-0.25, -0.2) is 4.98 Å². The second kappa shape index (κ2) is 8.34. The third kappa shape index (κ3) is 3.72. The van der Waals surface area contributed by atoms with Crippen molar-refractivity contribution in [1.82, 2.24) is 15.6 Å². The van der Waals surface area contributed by atoms with E-state index in [1.54, 1.807) is 20.4 Å². The third-order valence-electron chi connectivity index (χ3n) is 6.32. The summed E-state index contributed by atoms with van der Waals surface area (Å²) in [6.07, 6.45) is 5.60. The molecule has 158 valence electrons. The van der Waals surface area contributed by atoms with E-state index in [2.05, 4.69) is 20.5 Å². The Morgan fingerprint density at radius 3 is 2.43 bits per heavy atom. The van der Waals surface area contributed by atoms with Gasteiger partial charge in [-0.15, -0.1) is 0 Å². The number of fused-ring (bicyclic) bond motifs is 2. The lowest BCUT2D eigenvalue weighted by Gasteiger charge is -2.40. The van der Waals surface area contributed by atoms with Gasteiger partial charge in [0, 0.05) is 42.5 Å². The Morgan fingerprint density at radius 2 is 1.83 bits per heavy atom. The molecule has 7 nitrogen and oxygen atoms in total. The van der Waals surface area contributed by atoms with Gasteiger partial charge in [0.2, 0.25) is 0 Å². The highest BCUT2D eigenvalue weighted by Gasteiger charge is 2.41. The van der Waals surface area contributed by atoms with Crippen LogP contribution in [-0.4, -0.2) is 49.1 Å². The van der Waals surface area contributed by atoms with E-state index in [1.165, 1.54) is 0 Å². The predicted octanol–water partition coefficient (Wildman–Crippen LogP) is 2.69. The summed E-state index contributed by atoms with van der Waals surface area (Å²) in [6.45, 7) is 1.91. The minimum absolute atomic E-state index is 0.0442. The van der Waals surface area contributed by atoms with E-state index < -0.39 is 0 Å². The first-order chi connectivity index (χ1) is 14.5. The lowest BCUT2D eigenvalue weighted by atomic mass is 9.96. The number of rotatable bonds is 5. The summed E-state index contributed by atoms with van der Waals surface area (Å²) < 4.78 is 5.34. The molecule has 2 aliphatic rings. The maximum atomic E-state index is 12.9. The van der Waals surface area contributed by atoms with E-state index in [9.17, 15) is 9.59 Å². The summed E-state index contributed by atoms with van der Waals surface area (Å²) in [5.41, 5.74) is 2.08. The molecule has 2 saturated heterocycles. The van der Waals surface area contributed by atoms with Gasteiger partial charge in [-0.3, -0.25) is 9.59 Å². The number of aromatic nitrogens is 1. The number of benzene rings is 1. The second-order valence-corrected chi connectivity index (χ2v) is 8.05. The topological polar surface area (TPSA) is 83.6 Å². The second-order valence-electron chi connectivity index (χ2n) is 8.05. The van der Waals surface area contributed by atoms with Gasteiger partial charge < -0.3 is 20.3 Å². The van der Waals surface area contributed by atoms with Gasteiger partial charge in [0.15, 0.2) is 0 Å². The Kier molecular flexibility index (Phi) is 5.61. The molecule has 1 unspecified atom stereocenters. The molecule has 3 atom stereocenters. The molecule has 4 rings (SSSR count). The quantitative estimate of drug-likeness (QED) is 0.795. The SMILES string of the molecule is CNC(=O)c1ccc(N2[C@@H]3CC[C@H]2CC(NC(=O)c2cccc(OC)c2C)C3)nc1. The minimum atomic E-state index is -0.133. The number of methoxy groups -OCH3 is 1. The third-order valence-corrected chi connectivity index (χ3v) is 6.32. The number of hydrogen-bond acceptors (Lipinski definition) is 5. The van der Waals surface area contributed by atoms with Gasteiger partial charge >= 0.3 is 0 Å². The maximum Gasteiger partial charge on any atom is 0.252 e. The van der Waals surface area contributed by atoms with Crippen molar-refractivity contribution in [3.05, 3.63) is 53.2 Å². The number of anilines is 1. The van der Waals surface area contributed by atoms with Gasteiger partial charge in [-0.1, -0.05) is 6.07 Å². The van der Waals surface area contributed by atoms with Crippen LogP contribution in [0.25, 0.3) is 0 Å². The number of piperidine rings is 1. The van der Waals surface area contributed by atoms with E-state index in [-0.39, 0.29) is 17.9 Å². The number of pyridine rings is 1. The van der Waals surface area contributed by atoms with E-state index >= 15 is 0 Å². The summed E-state index contributed by atoms with van der Waals surface area (Å²) in [4.78, 5) is 31.6. The molecule has 2 N–H and O–H groups in total. The largest absolute Gasteiger partial charge is 0.496 e. The molecule has 7 heteroatoms. The van der Waals surface area contributed by atoms with Crippen molar-refractivity contribution in [2.45, 2.75) is 50.7 Å². The molecular weight excluding hydrogens is 380 g/mol. The number of hydrogen-bond donors (Lipinski definition) is 2. The molecule has 2 amide bonds. The Hall–Kier alpha value is -3.09. The summed E-state index contributed by atoms with van der Waals surface area (Å²) in [5, 5.41) is 5.86. The molecule has 3 heterocycles. The lowest BCUT2D eigenvalue weighted by Crippen LogP contribution is -2.50. The Balaban J connectivity index is 1.44. The summed E-state index contributed by atoms with van der Waals surface area (Å²) in [7, 11) is 3.23. The number of carbonyl (C=O) groups is 2. The molecule has 0 radical (unpaired) electrons. The molecule has 0 spiro atoms. The lowest BCUT2D eigenvalue weighted by molar-refractivity contribution is 0.0924. The van der Waals surface area contributed by atoms with E-state index in [4.69, 9.17) is 4.74 Å². The molecule has 1 aromatic carbocycles. The molecule has 0 saturated carbocycles. The van der Waals surface area contributed by atoms with Crippen molar-refractivity contribution < 1.29 is 14.3 Å². The molecule has 0 aliphatic carbocycles. The highest BCUT2D eigenvalue weighted by Crippen LogP contribution is 2.38. The van der Waals surface area contributed by atoms with Gasteiger partial charge in [0.1, 0.15) is 11.6 Å². The van der Waals surface area contributed by atoms with Crippen molar-refractivity contribution in [2.75, 3.05) is 19.1 Å². The van der Waals surface area contributed by atoms with Crippen LogP contribution in [0, 0.1) is 6.92 Å². The fraction of sp³-hybridized carbons (Fsp3) is 0.435. The zero-order valence-corrected chi connectivity index (χ0v) is 17.6. The van der Waals surface area contributed by atoms with Crippen molar-refractivity contribution >= 4 is 17.6 Å². The van der Waals surface area contributed by atoms with Crippen LogP contribution < -0.4 is 20.3 Å². The molecule has 2 fully saturated rings. The Labute approximate surface area is 176 Å². The summed E-state index contributed by atoms with van der Waals surface area (Å²) >= 11 is 0. The molecule has 2 bridgehead atoms. The first kappa shape index (κ1) is 20.2. The Morgan fingerprint density at radius 1 is 1.10 bits per heavy atom. The van der Waals surface area contributed by atoms with Crippen molar-refractivity contribution in [1.29, 1.82) is 0 Å². The molecular formula is C23H28N4O3. The summed E-state index contributed by atoms with van der Waals surface area (Å²) in [5.74, 6) is 1.45. The van der Waals surface area contributed by atoms with Crippen LogP contribution in [0.5, 0.6) is 5.75 Å². The van der Waals surface area contributed by atoms with Crippen LogP contribution in [0.4, 0.5) is 5.82 Å².